The predicted molar refractivity (Wildman–Crippen MR) is 112 cm³/mol. The van der Waals surface area contributed by atoms with Gasteiger partial charge in [0.1, 0.15) is 5.75 Å². The molecule has 2 N–H and O–H groups in total. The molecule has 1 saturated heterocycles. The van der Waals surface area contributed by atoms with E-state index >= 15 is 0 Å². The highest BCUT2D eigenvalue weighted by Crippen LogP contribution is 2.22. The molecule has 2 heterocycles. The Morgan fingerprint density at radius 2 is 2.21 bits per heavy atom. The van der Waals surface area contributed by atoms with Gasteiger partial charge in [-0.25, -0.2) is 0 Å². The lowest BCUT2D eigenvalue weighted by atomic mass is 10.2. The van der Waals surface area contributed by atoms with Crippen molar-refractivity contribution in [2.45, 2.75) is 25.5 Å². The maximum Gasteiger partial charge on any atom is 0.273 e. The Morgan fingerprint density at radius 3 is 2.90 bits per heavy atom. The Hall–Kier alpha value is -2.13. The maximum absolute atomic E-state index is 12.5. The summed E-state index contributed by atoms with van der Waals surface area (Å²) in [6.07, 6.45) is 2.17. The molecule has 1 fully saturated rings. The van der Waals surface area contributed by atoms with Gasteiger partial charge in [-0.3, -0.25) is 25.3 Å². The summed E-state index contributed by atoms with van der Waals surface area (Å²) in [5.74, 6) is -0.436. The summed E-state index contributed by atoms with van der Waals surface area (Å²) in [4.78, 5) is 28.1. The first-order valence-corrected chi connectivity index (χ1v) is 10.6. The van der Waals surface area contributed by atoms with Crippen LogP contribution < -0.4 is 15.6 Å². The van der Waals surface area contributed by atoms with Crippen molar-refractivity contribution in [2.24, 2.45) is 0 Å². The lowest BCUT2D eigenvalue weighted by molar-refractivity contribution is -0.123. The standard InChI is InChI=1S/C20H24ClN3O4S/c1-27-18-7-6-14(21)10-17(18)20(26)23-22-19(25)13-24(11-15-4-2-8-28-15)12-16-5-3-9-29-16/h3,5-7,9-10,15H,2,4,8,11-13H2,1H3,(H,22,25)(H,23,26)/t15-/m0/s1. The number of hydrogen-bond donors (Lipinski definition) is 2. The van der Waals surface area contributed by atoms with Crippen LogP contribution in [-0.4, -0.2) is 49.6 Å². The number of ether oxygens (including phenoxy) is 2. The zero-order chi connectivity index (χ0) is 20.6. The van der Waals surface area contributed by atoms with Gasteiger partial charge in [0.05, 0.1) is 25.3 Å². The molecule has 0 saturated carbocycles. The summed E-state index contributed by atoms with van der Waals surface area (Å²) in [7, 11) is 1.46. The van der Waals surface area contributed by atoms with Gasteiger partial charge < -0.3 is 9.47 Å². The fourth-order valence-electron chi connectivity index (χ4n) is 3.18. The van der Waals surface area contributed by atoms with Crippen LogP contribution in [0.3, 0.4) is 0 Å². The van der Waals surface area contributed by atoms with Crippen LogP contribution in [0.2, 0.25) is 5.02 Å². The van der Waals surface area contributed by atoms with Crippen LogP contribution in [0.4, 0.5) is 0 Å². The van der Waals surface area contributed by atoms with Crippen LogP contribution in [0.1, 0.15) is 28.1 Å². The van der Waals surface area contributed by atoms with Crippen LogP contribution in [-0.2, 0) is 16.1 Å². The van der Waals surface area contributed by atoms with Gasteiger partial charge in [-0.1, -0.05) is 17.7 Å². The lowest BCUT2D eigenvalue weighted by Gasteiger charge is -2.24. The van der Waals surface area contributed by atoms with Crippen molar-refractivity contribution in [3.05, 3.63) is 51.2 Å². The molecular formula is C20H24ClN3O4S. The van der Waals surface area contributed by atoms with Crippen LogP contribution in [0.25, 0.3) is 0 Å². The second kappa shape index (κ2) is 10.6. The number of nitrogens with one attached hydrogen (secondary N) is 2. The number of methoxy groups -OCH3 is 1. The number of amides is 2. The minimum absolute atomic E-state index is 0.132. The Morgan fingerprint density at radius 1 is 1.34 bits per heavy atom. The number of carbonyl (C=O) groups is 2. The minimum Gasteiger partial charge on any atom is -0.496 e. The highest BCUT2D eigenvalue weighted by molar-refractivity contribution is 7.09. The molecule has 156 valence electrons. The quantitative estimate of drug-likeness (QED) is 0.621. The van der Waals surface area contributed by atoms with E-state index in [9.17, 15) is 9.59 Å². The van der Waals surface area contributed by atoms with E-state index in [2.05, 4.69) is 10.9 Å². The number of halogens is 1. The SMILES string of the molecule is COc1ccc(Cl)cc1C(=O)NNC(=O)CN(Cc1cccs1)C[C@@H]1CCCO1. The van der Waals surface area contributed by atoms with E-state index < -0.39 is 5.91 Å². The molecule has 1 aliphatic rings. The van der Waals surface area contributed by atoms with Crippen LogP contribution in [0.15, 0.2) is 35.7 Å². The van der Waals surface area contributed by atoms with Crippen molar-refractivity contribution >= 4 is 34.8 Å². The number of carbonyl (C=O) groups excluding carboxylic acids is 2. The molecule has 3 rings (SSSR count). The first-order valence-electron chi connectivity index (χ1n) is 9.34. The Bertz CT molecular complexity index is 825. The predicted octanol–water partition coefficient (Wildman–Crippen LogP) is 2.85. The zero-order valence-electron chi connectivity index (χ0n) is 16.2. The Kier molecular flexibility index (Phi) is 7.88. The van der Waals surface area contributed by atoms with E-state index in [-0.39, 0.29) is 24.1 Å². The molecule has 0 spiro atoms. The largest absolute Gasteiger partial charge is 0.496 e. The highest BCUT2D eigenvalue weighted by atomic mass is 35.5. The minimum atomic E-state index is -0.498. The molecule has 9 heteroatoms. The molecule has 0 aliphatic carbocycles. The Labute approximate surface area is 178 Å². The zero-order valence-corrected chi connectivity index (χ0v) is 17.7. The monoisotopic (exact) mass is 437 g/mol. The van der Waals surface area contributed by atoms with Crippen molar-refractivity contribution in [3.63, 3.8) is 0 Å². The van der Waals surface area contributed by atoms with E-state index in [1.54, 1.807) is 23.5 Å². The van der Waals surface area contributed by atoms with E-state index in [0.29, 0.717) is 23.9 Å². The van der Waals surface area contributed by atoms with Crippen LogP contribution in [0, 0.1) is 0 Å². The molecule has 1 aliphatic heterocycles. The Balaban J connectivity index is 1.56. The van der Waals surface area contributed by atoms with Gasteiger partial charge in [-0.2, -0.15) is 0 Å². The number of nitrogens with zero attached hydrogens (tertiary/aromatic N) is 1. The fourth-order valence-corrected chi connectivity index (χ4v) is 4.10. The summed E-state index contributed by atoms with van der Waals surface area (Å²) >= 11 is 7.60. The first kappa shape index (κ1) is 21.6. The third kappa shape index (κ3) is 6.43. The van der Waals surface area contributed by atoms with Crippen molar-refractivity contribution in [1.82, 2.24) is 15.8 Å². The molecular weight excluding hydrogens is 414 g/mol. The number of thiophene rings is 1. The number of benzene rings is 1. The first-order chi connectivity index (χ1) is 14.0. The van der Waals surface area contributed by atoms with E-state index in [1.807, 2.05) is 22.4 Å². The van der Waals surface area contributed by atoms with E-state index in [1.165, 1.54) is 18.1 Å². The van der Waals surface area contributed by atoms with Crippen molar-refractivity contribution in [3.8, 4) is 5.75 Å². The van der Waals surface area contributed by atoms with Gasteiger partial charge in [-0.05, 0) is 42.5 Å². The van der Waals surface area contributed by atoms with Gasteiger partial charge in [0.15, 0.2) is 0 Å². The number of hydrazine groups is 1. The summed E-state index contributed by atoms with van der Waals surface area (Å²) in [6, 6.07) is 8.75. The number of rotatable bonds is 8. The van der Waals surface area contributed by atoms with Crippen molar-refractivity contribution < 1.29 is 19.1 Å². The summed E-state index contributed by atoms with van der Waals surface area (Å²) < 4.78 is 10.9. The molecule has 2 amide bonds. The molecule has 0 unspecified atom stereocenters. The topological polar surface area (TPSA) is 79.9 Å². The van der Waals surface area contributed by atoms with Gasteiger partial charge in [0, 0.05) is 29.6 Å². The second-order valence-corrected chi connectivity index (χ2v) is 8.20. The molecule has 1 aromatic carbocycles. The van der Waals surface area contributed by atoms with Crippen LogP contribution in [0.5, 0.6) is 5.75 Å². The smallest absolute Gasteiger partial charge is 0.273 e. The molecule has 2 aromatic rings. The number of hydrogen-bond acceptors (Lipinski definition) is 6. The van der Waals surface area contributed by atoms with Crippen molar-refractivity contribution in [1.29, 1.82) is 0 Å². The molecule has 1 atom stereocenters. The van der Waals surface area contributed by atoms with Gasteiger partial charge in [0.25, 0.3) is 11.8 Å². The molecule has 7 nitrogen and oxygen atoms in total. The maximum atomic E-state index is 12.5. The summed E-state index contributed by atoms with van der Waals surface area (Å²) in [5.41, 5.74) is 5.14. The summed E-state index contributed by atoms with van der Waals surface area (Å²) in [5, 5.41) is 2.42. The third-order valence-electron chi connectivity index (χ3n) is 4.53. The molecule has 29 heavy (non-hydrogen) atoms. The molecule has 0 bridgehead atoms. The molecule has 0 radical (unpaired) electrons. The normalized spacial score (nSPS) is 16.0. The third-order valence-corrected chi connectivity index (χ3v) is 5.63. The van der Waals surface area contributed by atoms with E-state index in [4.69, 9.17) is 21.1 Å². The van der Waals surface area contributed by atoms with Gasteiger partial charge in [-0.15, -0.1) is 11.3 Å². The lowest BCUT2D eigenvalue weighted by Crippen LogP contribution is -2.47. The van der Waals surface area contributed by atoms with Crippen molar-refractivity contribution in [2.75, 3.05) is 26.8 Å². The van der Waals surface area contributed by atoms with Crippen LogP contribution >= 0.6 is 22.9 Å². The second-order valence-electron chi connectivity index (χ2n) is 6.73. The van der Waals surface area contributed by atoms with Gasteiger partial charge in [0.2, 0.25) is 0 Å². The molecule has 1 aromatic heterocycles. The summed E-state index contributed by atoms with van der Waals surface area (Å²) in [6.45, 7) is 2.23. The highest BCUT2D eigenvalue weighted by Gasteiger charge is 2.22. The van der Waals surface area contributed by atoms with Gasteiger partial charge >= 0.3 is 0 Å². The average molecular weight is 438 g/mol. The van der Waals surface area contributed by atoms with E-state index in [0.717, 1.165) is 19.4 Å². The fraction of sp³-hybridized carbons (Fsp3) is 0.400. The average Bonchev–Trinajstić information content (AvgIpc) is 3.40.